The summed E-state index contributed by atoms with van der Waals surface area (Å²) in [7, 11) is 1.67. The first-order valence-corrected chi connectivity index (χ1v) is 9.25. The molecule has 0 saturated carbocycles. The van der Waals surface area contributed by atoms with Gasteiger partial charge in [0.1, 0.15) is 5.75 Å². The maximum absolute atomic E-state index is 9.42. The highest BCUT2D eigenvalue weighted by molar-refractivity contribution is 5.65. The number of hydrogen-bond donors (Lipinski definition) is 1. The van der Waals surface area contributed by atoms with Crippen molar-refractivity contribution in [3.63, 3.8) is 0 Å². The van der Waals surface area contributed by atoms with Gasteiger partial charge in [0.25, 0.3) is 0 Å². The molecule has 0 saturated heterocycles. The standard InChI is InChI=1S/C22H27N3O2/c1-17(2)24(12-13-26)15-19-16-25(20-9-5-4-6-10-20)23-22(19)18-8-7-11-21(14-18)27-3/h4-11,14,16-17,26H,12-13,15H2,1-3H3. The first-order chi connectivity index (χ1) is 13.1. The Hall–Kier alpha value is -2.63. The van der Waals surface area contributed by atoms with E-state index >= 15 is 0 Å². The fourth-order valence-electron chi connectivity index (χ4n) is 3.12. The molecule has 0 aliphatic carbocycles. The summed E-state index contributed by atoms with van der Waals surface area (Å²) in [4.78, 5) is 2.25. The van der Waals surface area contributed by atoms with Crippen LogP contribution in [-0.4, -0.2) is 46.1 Å². The molecule has 0 atom stereocenters. The van der Waals surface area contributed by atoms with Crippen LogP contribution >= 0.6 is 0 Å². The second-order valence-corrected chi connectivity index (χ2v) is 6.80. The van der Waals surface area contributed by atoms with Gasteiger partial charge in [-0.15, -0.1) is 0 Å². The summed E-state index contributed by atoms with van der Waals surface area (Å²) >= 11 is 0. The molecule has 27 heavy (non-hydrogen) atoms. The molecule has 0 radical (unpaired) electrons. The monoisotopic (exact) mass is 365 g/mol. The quantitative estimate of drug-likeness (QED) is 0.660. The zero-order valence-corrected chi connectivity index (χ0v) is 16.2. The van der Waals surface area contributed by atoms with Gasteiger partial charge in [-0.25, -0.2) is 4.68 Å². The van der Waals surface area contributed by atoms with Crippen LogP contribution in [0, 0.1) is 0 Å². The Morgan fingerprint density at radius 3 is 2.56 bits per heavy atom. The lowest BCUT2D eigenvalue weighted by atomic mass is 10.1. The molecule has 1 heterocycles. The molecule has 0 aliphatic heterocycles. The minimum atomic E-state index is 0.138. The molecule has 1 N–H and O–H groups in total. The smallest absolute Gasteiger partial charge is 0.119 e. The Balaban J connectivity index is 2.04. The number of aromatic nitrogens is 2. The number of aliphatic hydroxyl groups excluding tert-OH is 1. The summed E-state index contributed by atoms with van der Waals surface area (Å²) in [5, 5.41) is 14.3. The molecule has 5 nitrogen and oxygen atoms in total. The molecule has 0 bridgehead atoms. The average Bonchev–Trinajstić information content (AvgIpc) is 3.12. The highest BCUT2D eigenvalue weighted by Crippen LogP contribution is 2.28. The van der Waals surface area contributed by atoms with Crippen LogP contribution in [-0.2, 0) is 6.54 Å². The number of hydrogen-bond acceptors (Lipinski definition) is 4. The van der Waals surface area contributed by atoms with Crippen LogP contribution < -0.4 is 4.74 Å². The highest BCUT2D eigenvalue weighted by Gasteiger charge is 2.17. The molecule has 0 amide bonds. The number of para-hydroxylation sites is 1. The van der Waals surface area contributed by atoms with Crippen molar-refractivity contribution in [1.29, 1.82) is 0 Å². The Bertz CT molecular complexity index is 859. The zero-order valence-electron chi connectivity index (χ0n) is 16.2. The number of aliphatic hydroxyl groups is 1. The number of ether oxygens (including phenoxy) is 1. The van der Waals surface area contributed by atoms with Gasteiger partial charge in [-0.2, -0.15) is 5.10 Å². The van der Waals surface area contributed by atoms with Crippen LogP contribution in [0.25, 0.3) is 16.9 Å². The third kappa shape index (κ3) is 4.56. The van der Waals surface area contributed by atoms with E-state index in [9.17, 15) is 5.11 Å². The fourth-order valence-corrected chi connectivity index (χ4v) is 3.12. The molecule has 1 aromatic heterocycles. The summed E-state index contributed by atoms with van der Waals surface area (Å²) in [6.07, 6.45) is 2.08. The van der Waals surface area contributed by atoms with Gasteiger partial charge in [-0.05, 0) is 38.1 Å². The molecular weight excluding hydrogens is 338 g/mol. The Labute approximate surface area is 160 Å². The molecule has 2 aromatic carbocycles. The van der Waals surface area contributed by atoms with Crippen molar-refractivity contribution in [1.82, 2.24) is 14.7 Å². The third-order valence-electron chi connectivity index (χ3n) is 4.64. The summed E-state index contributed by atoms with van der Waals surface area (Å²) < 4.78 is 7.31. The largest absolute Gasteiger partial charge is 0.497 e. The van der Waals surface area contributed by atoms with E-state index < -0.39 is 0 Å². The van der Waals surface area contributed by atoms with Crippen LogP contribution in [0.15, 0.2) is 60.8 Å². The van der Waals surface area contributed by atoms with Gasteiger partial charge < -0.3 is 9.84 Å². The number of methoxy groups -OCH3 is 1. The van der Waals surface area contributed by atoms with E-state index in [0.29, 0.717) is 12.6 Å². The summed E-state index contributed by atoms with van der Waals surface area (Å²) in [5.41, 5.74) is 4.09. The average molecular weight is 365 g/mol. The second-order valence-electron chi connectivity index (χ2n) is 6.80. The van der Waals surface area contributed by atoms with E-state index in [4.69, 9.17) is 9.84 Å². The highest BCUT2D eigenvalue weighted by atomic mass is 16.5. The lowest BCUT2D eigenvalue weighted by Gasteiger charge is -2.25. The molecule has 0 aliphatic rings. The van der Waals surface area contributed by atoms with E-state index in [0.717, 1.165) is 34.8 Å². The van der Waals surface area contributed by atoms with Gasteiger partial charge in [0, 0.05) is 36.5 Å². The number of nitrogens with zero attached hydrogens (tertiary/aromatic N) is 3. The van der Waals surface area contributed by atoms with Gasteiger partial charge in [0.05, 0.1) is 25.1 Å². The Morgan fingerprint density at radius 2 is 1.89 bits per heavy atom. The van der Waals surface area contributed by atoms with Gasteiger partial charge in [-0.3, -0.25) is 4.90 Å². The van der Waals surface area contributed by atoms with Crippen LogP contribution in [0.3, 0.4) is 0 Å². The summed E-state index contributed by atoms with van der Waals surface area (Å²) in [6.45, 7) is 5.77. The molecule has 0 fully saturated rings. The topological polar surface area (TPSA) is 50.5 Å². The summed E-state index contributed by atoms with van der Waals surface area (Å²) in [5.74, 6) is 0.809. The normalized spacial score (nSPS) is 11.3. The first-order valence-electron chi connectivity index (χ1n) is 9.25. The fraction of sp³-hybridized carbons (Fsp3) is 0.318. The van der Waals surface area contributed by atoms with Crippen molar-refractivity contribution in [3.8, 4) is 22.7 Å². The van der Waals surface area contributed by atoms with E-state index in [2.05, 4.69) is 31.0 Å². The second kappa shape index (κ2) is 8.84. The zero-order chi connectivity index (χ0) is 19.2. The van der Waals surface area contributed by atoms with Gasteiger partial charge in [0.2, 0.25) is 0 Å². The molecule has 0 spiro atoms. The van der Waals surface area contributed by atoms with Crippen LogP contribution in [0.2, 0.25) is 0 Å². The van der Waals surface area contributed by atoms with E-state index in [-0.39, 0.29) is 6.61 Å². The lowest BCUT2D eigenvalue weighted by molar-refractivity contribution is 0.159. The maximum Gasteiger partial charge on any atom is 0.119 e. The van der Waals surface area contributed by atoms with Gasteiger partial charge >= 0.3 is 0 Å². The molecule has 3 rings (SSSR count). The lowest BCUT2D eigenvalue weighted by Crippen LogP contribution is -2.32. The van der Waals surface area contributed by atoms with E-state index in [1.807, 2.05) is 53.2 Å². The van der Waals surface area contributed by atoms with Crippen LogP contribution in [0.4, 0.5) is 0 Å². The number of benzene rings is 2. The molecule has 142 valence electrons. The van der Waals surface area contributed by atoms with E-state index in [1.54, 1.807) is 7.11 Å². The Kier molecular flexibility index (Phi) is 6.27. The Morgan fingerprint density at radius 1 is 1.11 bits per heavy atom. The van der Waals surface area contributed by atoms with Crippen molar-refractivity contribution in [2.45, 2.75) is 26.4 Å². The van der Waals surface area contributed by atoms with Crippen LogP contribution in [0.5, 0.6) is 5.75 Å². The minimum Gasteiger partial charge on any atom is -0.497 e. The van der Waals surface area contributed by atoms with Crippen molar-refractivity contribution >= 4 is 0 Å². The maximum atomic E-state index is 9.42. The summed E-state index contributed by atoms with van der Waals surface area (Å²) in [6, 6.07) is 18.4. The van der Waals surface area contributed by atoms with Gasteiger partial charge in [-0.1, -0.05) is 30.3 Å². The third-order valence-corrected chi connectivity index (χ3v) is 4.64. The molecule has 0 unspecified atom stereocenters. The predicted molar refractivity (Wildman–Crippen MR) is 108 cm³/mol. The molecule has 3 aromatic rings. The first kappa shape index (κ1) is 19.1. The van der Waals surface area contributed by atoms with Crippen molar-refractivity contribution in [2.75, 3.05) is 20.3 Å². The molecular formula is C22H27N3O2. The predicted octanol–water partition coefficient (Wildman–Crippen LogP) is 3.75. The van der Waals surface area contributed by atoms with Crippen molar-refractivity contribution in [3.05, 3.63) is 66.4 Å². The SMILES string of the molecule is COc1cccc(-c2nn(-c3ccccc3)cc2CN(CCO)C(C)C)c1. The minimum absolute atomic E-state index is 0.138. The van der Waals surface area contributed by atoms with Crippen molar-refractivity contribution < 1.29 is 9.84 Å². The molecule has 5 heteroatoms. The van der Waals surface area contributed by atoms with Gasteiger partial charge in [0.15, 0.2) is 0 Å². The van der Waals surface area contributed by atoms with Crippen LogP contribution in [0.1, 0.15) is 19.4 Å². The van der Waals surface area contributed by atoms with Crippen molar-refractivity contribution in [2.24, 2.45) is 0 Å². The van der Waals surface area contributed by atoms with E-state index in [1.165, 1.54) is 0 Å². The number of rotatable bonds is 8.